The van der Waals surface area contributed by atoms with Gasteiger partial charge in [0.1, 0.15) is 0 Å². The zero-order valence-electron chi connectivity index (χ0n) is 10.4. The highest BCUT2D eigenvalue weighted by Crippen LogP contribution is 2.24. The summed E-state index contributed by atoms with van der Waals surface area (Å²) in [6.45, 7) is 1.79. The van der Waals surface area contributed by atoms with E-state index in [4.69, 9.17) is 9.84 Å². The van der Waals surface area contributed by atoms with Crippen molar-refractivity contribution in [2.75, 3.05) is 32.6 Å². The van der Waals surface area contributed by atoms with Crippen molar-refractivity contribution in [1.82, 2.24) is 5.32 Å². The summed E-state index contributed by atoms with van der Waals surface area (Å²) in [5, 5.41) is 11.6. The van der Waals surface area contributed by atoms with Gasteiger partial charge in [-0.3, -0.25) is 0 Å². The number of aliphatic hydroxyl groups excluding tert-OH is 1. The Hall–Kier alpha value is -0.170. The SMILES string of the molecule is CS(=O)(=O)C1CCCC1NCCCOCCO. The van der Waals surface area contributed by atoms with Gasteiger partial charge in [0.05, 0.1) is 18.5 Å². The number of sulfone groups is 1. The lowest BCUT2D eigenvalue weighted by molar-refractivity contribution is 0.0904. The van der Waals surface area contributed by atoms with Crippen molar-refractivity contribution in [3.63, 3.8) is 0 Å². The molecule has 1 rings (SSSR count). The number of ether oxygens (including phenoxy) is 1. The van der Waals surface area contributed by atoms with Crippen molar-refractivity contribution in [2.24, 2.45) is 0 Å². The molecule has 2 N–H and O–H groups in total. The average Bonchev–Trinajstić information content (AvgIpc) is 2.71. The van der Waals surface area contributed by atoms with E-state index in [2.05, 4.69) is 5.32 Å². The van der Waals surface area contributed by atoms with E-state index in [1.165, 1.54) is 6.26 Å². The minimum Gasteiger partial charge on any atom is -0.394 e. The monoisotopic (exact) mass is 265 g/mol. The Bertz CT molecular complexity index is 305. The van der Waals surface area contributed by atoms with Crippen LogP contribution >= 0.6 is 0 Å². The molecule has 0 saturated heterocycles. The zero-order valence-corrected chi connectivity index (χ0v) is 11.2. The van der Waals surface area contributed by atoms with Crippen LogP contribution in [0.5, 0.6) is 0 Å². The van der Waals surface area contributed by atoms with Crippen LogP contribution in [0.1, 0.15) is 25.7 Å². The minimum absolute atomic E-state index is 0.0478. The van der Waals surface area contributed by atoms with Crippen molar-refractivity contribution < 1.29 is 18.3 Å². The molecule has 0 aliphatic heterocycles. The van der Waals surface area contributed by atoms with E-state index in [1.54, 1.807) is 0 Å². The third-order valence-electron chi connectivity index (χ3n) is 3.11. The Morgan fingerprint density at radius 1 is 1.35 bits per heavy atom. The van der Waals surface area contributed by atoms with Crippen LogP contribution < -0.4 is 5.32 Å². The van der Waals surface area contributed by atoms with Crippen molar-refractivity contribution in [1.29, 1.82) is 0 Å². The van der Waals surface area contributed by atoms with Gasteiger partial charge in [-0.2, -0.15) is 0 Å². The molecule has 0 aromatic carbocycles. The van der Waals surface area contributed by atoms with Crippen LogP contribution in [0.15, 0.2) is 0 Å². The highest BCUT2D eigenvalue weighted by atomic mass is 32.2. The van der Waals surface area contributed by atoms with E-state index < -0.39 is 9.84 Å². The van der Waals surface area contributed by atoms with Gasteiger partial charge in [0.15, 0.2) is 9.84 Å². The van der Waals surface area contributed by atoms with Gasteiger partial charge < -0.3 is 15.2 Å². The first-order chi connectivity index (χ1) is 8.05. The molecule has 0 radical (unpaired) electrons. The van der Waals surface area contributed by atoms with Crippen molar-refractivity contribution in [3.8, 4) is 0 Å². The molecule has 0 aromatic rings. The quantitative estimate of drug-likeness (QED) is 0.601. The fourth-order valence-electron chi connectivity index (χ4n) is 2.30. The second kappa shape index (κ2) is 7.31. The first-order valence-electron chi connectivity index (χ1n) is 6.16. The Balaban J connectivity index is 2.18. The number of hydrogen-bond acceptors (Lipinski definition) is 5. The molecule has 1 saturated carbocycles. The minimum atomic E-state index is -2.93. The number of aliphatic hydroxyl groups is 1. The predicted molar refractivity (Wildman–Crippen MR) is 66.8 cm³/mol. The Morgan fingerprint density at radius 2 is 2.12 bits per heavy atom. The zero-order chi connectivity index (χ0) is 12.7. The lowest BCUT2D eigenvalue weighted by atomic mass is 10.2. The van der Waals surface area contributed by atoms with Gasteiger partial charge in [-0.15, -0.1) is 0 Å². The van der Waals surface area contributed by atoms with Crippen molar-refractivity contribution in [2.45, 2.75) is 37.0 Å². The van der Waals surface area contributed by atoms with Crippen molar-refractivity contribution in [3.05, 3.63) is 0 Å². The maximum absolute atomic E-state index is 11.5. The summed E-state index contributed by atoms with van der Waals surface area (Å²) in [4.78, 5) is 0. The van der Waals surface area contributed by atoms with E-state index >= 15 is 0 Å². The summed E-state index contributed by atoms with van der Waals surface area (Å²) >= 11 is 0. The largest absolute Gasteiger partial charge is 0.394 e. The van der Waals surface area contributed by atoms with E-state index in [1.807, 2.05) is 0 Å². The van der Waals surface area contributed by atoms with Gasteiger partial charge in [-0.25, -0.2) is 8.42 Å². The predicted octanol–water partition coefficient (Wildman–Crippen LogP) is -0.0593. The van der Waals surface area contributed by atoms with Crippen LogP contribution in [-0.2, 0) is 14.6 Å². The lowest BCUT2D eigenvalue weighted by Crippen LogP contribution is -2.40. The van der Waals surface area contributed by atoms with Crippen LogP contribution in [0.3, 0.4) is 0 Å². The molecule has 0 heterocycles. The lowest BCUT2D eigenvalue weighted by Gasteiger charge is -2.19. The second-order valence-corrected chi connectivity index (χ2v) is 6.81. The van der Waals surface area contributed by atoms with Gasteiger partial charge in [0, 0.05) is 18.9 Å². The van der Waals surface area contributed by atoms with E-state index in [-0.39, 0.29) is 17.9 Å². The highest BCUT2D eigenvalue weighted by molar-refractivity contribution is 7.91. The summed E-state index contributed by atoms with van der Waals surface area (Å²) in [5.41, 5.74) is 0. The molecule has 0 bridgehead atoms. The summed E-state index contributed by atoms with van der Waals surface area (Å²) in [5.74, 6) is 0. The van der Waals surface area contributed by atoms with Crippen LogP contribution in [0.25, 0.3) is 0 Å². The summed E-state index contributed by atoms with van der Waals surface area (Å²) < 4.78 is 28.2. The third kappa shape index (κ3) is 5.33. The molecule has 0 spiro atoms. The van der Waals surface area contributed by atoms with Gasteiger partial charge in [0.2, 0.25) is 0 Å². The Kier molecular flexibility index (Phi) is 6.40. The van der Waals surface area contributed by atoms with Crippen LogP contribution in [-0.4, -0.2) is 57.4 Å². The molecule has 2 atom stereocenters. The molecule has 1 aliphatic rings. The molecular weight excluding hydrogens is 242 g/mol. The molecule has 6 heteroatoms. The fraction of sp³-hybridized carbons (Fsp3) is 1.00. The van der Waals surface area contributed by atoms with Gasteiger partial charge in [-0.05, 0) is 25.8 Å². The molecule has 0 amide bonds. The van der Waals surface area contributed by atoms with Gasteiger partial charge in [0.25, 0.3) is 0 Å². The van der Waals surface area contributed by atoms with E-state index in [0.29, 0.717) is 13.2 Å². The van der Waals surface area contributed by atoms with Crippen molar-refractivity contribution >= 4 is 9.84 Å². The van der Waals surface area contributed by atoms with Gasteiger partial charge >= 0.3 is 0 Å². The second-order valence-electron chi connectivity index (χ2n) is 4.55. The van der Waals surface area contributed by atoms with Crippen LogP contribution in [0.4, 0.5) is 0 Å². The normalized spacial score (nSPS) is 25.3. The molecule has 102 valence electrons. The number of hydrogen-bond donors (Lipinski definition) is 2. The molecule has 2 unspecified atom stereocenters. The summed E-state index contributed by atoms with van der Waals surface area (Å²) in [6.07, 6.45) is 4.86. The maximum Gasteiger partial charge on any atom is 0.151 e. The standard InChI is InChI=1S/C11H23NO4S/c1-17(14,15)11-5-2-4-10(11)12-6-3-8-16-9-7-13/h10-13H,2-9H2,1H3. The average molecular weight is 265 g/mol. The first-order valence-corrected chi connectivity index (χ1v) is 8.12. The Morgan fingerprint density at radius 3 is 2.76 bits per heavy atom. The Labute approximate surface area is 103 Å². The molecule has 17 heavy (non-hydrogen) atoms. The molecule has 0 aromatic heterocycles. The molecular formula is C11H23NO4S. The third-order valence-corrected chi connectivity index (χ3v) is 4.77. The molecule has 1 aliphatic carbocycles. The number of rotatable bonds is 8. The fourth-order valence-corrected chi connectivity index (χ4v) is 3.72. The maximum atomic E-state index is 11.5. The summed E-state index contributed by atoms with van der Waals surface area (Å²) in [7, 11) is -2.93. The number of nitrogens with one attached hydrogen (secondary N) is 1. The van der Waals surface area contributed by atoms with E-state index in [9.17, 15) is 8.42 Å². The topological polar surface area (TPSA) is 75.6 Å². The smallest absolute Gasteiger partial charge is 0.151 e. The van der Waals surface area contributed by atoms with Gasteiger partial charge in [-0.1, -0.05) is 6.42 Å². The first kappa shape index (κ1) is 14.9. The summed E-state index contributed by atoms with van der Waals surface area (Å²) in [6, 6.07) is 0.0999. The highest BCUT2D eigenvalue weighted by Gasteiger charge is 2.33. The van der Waals surface area contributed by atoms with Crippen LogP contribution in [0.2, 0.25) is 0 Å². The molecule has 5 nitrogen and oxygen atoms in total. The molecule has 1 fully saturated rings. The van der Waals surface area contributed by atoms with E-state index in [0.717, 1.165) is 32.2 Å². The van der Waals surface area contributed by atoms with Crippen LogP contribution in [0, 0.1) is 0 Å².